The first-order valence-corrected chi connectivity index (χ1v) is 9.30. The van der Waals surface area contributed by atoms with E-state index in [1.807, 2.05) is 0 Å². The molecule has 0 aliphatic heterocycles. The molecule has 0 saturated heterocycles. The normalized spacial score (nSPS) is 10.7. The van der Waals surface area contributed by atoms with E-state index in [9.17, 15) is 9.59 Å². The number of aromatic nitrogens is 2. The van der Waals surface area contributed by atoms with Crippen molar-refractivity contribution in [2.75, 3.05) is 11.9 Å². The fourth-order valence-electron chi connectivity index (χ4n) is 2.77. The zero-order chi connectivity index (χ0) is 19.2. The molecule has 0 unspecified atom stereocenters. The molecule has 7 heteroatoms. The molecular weight excluding hydrogens is 364 g/mol. The number of halogens is 1. The first kappa shape index (κ1) is 18.9. The van der Waals surface area contributed by atoms with E-state index in [-0.39, 0.29) is 17.4 Å². The first-order valence-electron chi connectivity index (χ1n) is 8.93. The molecule has 0 bridgehead atoms. The second-order valence-electron chi connectivity index (χ2n) is 6.14. The molecule has 140 valence electrons. The molecule has 3 rings (SSSR count). The monoisotopic (exact) mass is 384 g/mol. The van der Waals surface area contributed by atoms with Gasteiger partial charge in [-0.05, 0) is 30.7 Å². The predicted octanol–water partition coefficient (Wildman–Crippen LogP) is 4.16. The second kappa shape index (κ2) is 8.68. The molecule has 0 aliphatic rings. The van der Waals surface area contributed by atoms with Crippen LogP contribution in [0.3, 0.4) is 0 Å². The Labute approximate surface area is 162 Å². The van der Waals surface area contributed by atoms with Crippen LogP contribution in [0, 0.1) is 0 Å². The number of pyridine rings is 1. The van der Waals surface area contributed by atoms with Crippen molar-refractivity contribution in [1.82, 2.24) is 14.7 Å². The summed E-state index contributed by atoms with van der Waals surface area (Å²) in [7, 11) is 0. The van der Waals surface area contributed by atoms with Gasteiger partial charge in [0.2, 0.25) is 5.82 Å². The van der Waals surface area contributed by atoms with E-state index < -0.39 is 5.91 Å². The van der Waals surface area contributed by atoms with Crippen LogP contribution in [0.4, 0.5) is 5.69 Å². The van der Waals surface area contributed by atoms with Crippen LogP contribution in [0.25, 0.3) is 5.52 Å². The number of rotatable bonds is 7. The molecule has 2 aromatic heterocycles. The van der Waals surface area contributed by atoms with Gasteiger partial charge in [0.05, 0.1) is 16.2 Å². The highest BCUT2D eigenvalue weighted by molar-refractivity contribution is 6.34. The number of anilines is 1. The third-order valence-electron chi connectivity index (χ3n) is 4.15. The highest BCUT2D eigenvalue weighted by atomic mass is 35.5. The number of carbonyl (C=O) groups excluding carboxylic acids is 2. The van der Waals surface area contributed by atoms with Crippen LogP contribution in [0.1, 0.15) is 47.3 Å². The van der Waals surface area contributed by atoms with Crippen LogP contribution in [-0.4, -0.2) is 27.7 Å². The molecule has 6 nitrogen and oxygen atoms in total. The second-order valence-corrected chi connectivity index (χ2v) is 6.54. The Hall–Kier alpha value is -2.86. The molecule has 2 amide bonds. The Morgan fingerprint density at radius 3 is 2.63 bits per heavy atom. The number of unbranched alkanes of at least 4 members (excludes halogenated alkanes) is 2. The van der Waals surface area contributed by atoms with Gasteiger partial charge in [0.25, 0.3) is 11.8 Å². The lowest BCUT2D eigenvalue weighted by Gasteiger charge is -2.05. The van der Waals surface area contributed by atoms with Crippen LogP contribution in [0.15, 0.2) is 48.7 Å². The fraction of sp³-hybridized carbons (Fsp3) is 0.250. The van der Waals surface area contributed by atoms with Gasteiger partial charge in [0.15, 0.2) is 5.69 Å². The summed E-state index contributed by atoms with van der Waals surface area (Å²) in [4.78, 5) is 29.6. The van der Waals surface area contributed by atoms with Crippen molar-refractivity contribution in [1.29, 1.82) is 0 Å². The van der Waals surface area contributed by atoms with Crippen molar-refractivity contribution in [3.8, 4) is 0 Å². The van der Waals surface area contributed by atoms with E-state index in [0.29, 0.717) is 22.8 Å². The largest absolute Gasteiger partial charge is 0.349 e. The van der Waals surface area contributed by atoms with Gasteiger partial charge in [0, 0.05) is 12.7 Å². The molecule has 27 heavy (non-hydrogen) atoms. The number of para-hydroxylation sites is 1. The number of nitrogens with zero attached hydrogens (tertiary/aromatic N) is 2. The fourth-order valence-corrected chi connectivity index (χ4v) is 2.95. The lowest BCUT2D eigenvalue weighted by Crippen LogP contribution is -2.26. The third kappa shape index (κ3) is 4.28. The maximum atomic E-state index is 12.7. The first-order chi connectivity index (χ1) is 13.1. The highest BCUT2D eigenvalue weighted by Crippen LogP contribution is 2.22. The number of hydrogen-bond acceptors (Lipinski definition) is 3. The van der Waals surface area contributed by atoms with Crippen molar-refractivity contribution < 1.29 is 9.59 Å². The summed E-state index contributed by atoms with van der Waals surface area (Å²) in [6.07, 6.45) is 4.75. The minimum atomic E-state index is -0.420. The Morgan fingerprint density at radius 1 is 1.07 bits per heavy atom. The summed E-state index contributed by atoms with van der Waals surface area (Å²) < 4.78 is 1.62. The summed E-state index contributed by atoms with van der Waals surface area (Å²) >= 11 is 6.11. The maximum Gasteiger partial charge on any atom is 0.287 e. The number of amides is 2. The van der Waals surface area contributed by atoms with Crippen molar-refractivity contribution in [2.24, 2.45) is 0 Å². The zero-order valence-electron chi connectivity index (χ0n) is 15.0. The lowest BCUT2D eigenvalue weighted by atomic mass is 10.2. The molecule has 0 saturated carbocycles. The Kier molecular flexibility index (Phi) is 6.08. The van der Waals surface area contributed by atoms with E-state index in [0.717, 1.165) is 19.3 Å². The minimum Gasteiger partial charge on any atom is -0.349 e. The minimum absolute atomic E-state index is 0.175. The van der Waals surface area contributed by atoms with Crippen LogP contribution >= 0.6 is 11.6 Å². The molecule has 2 N–H and O–H groups in total. The average Bonchev–Trinajstić information content (AvgIpc) is 3.07. The van der Waals surface area contributed by atoms with Crippen LogP contribution in [0.5, 0.6) is 0 Å². The smallest absolute Gasteiger partial charge is 0.287 e. The summed E-state index contributed by atoms with van der Waals surface area (Å²) in [5.74, 6) is -0.535. The third-order valence-corrected chi connectivity index (χ3v) is 4.48. The van der Waals surface area contributed by atoms with E-state index in [1.165, 1.54) is 0 Å². The quantitative estimate of drug-likeness (QED) is 0.600. The Balaban J connectivity index is 1.87. The van der Waals surface area contributed by atoms with Gasteiger partial charge in [-0.1, -0.05) is 49.6 Å². The Bertz CT molecular complexity index is 968. The molecule has 1 aromatic carbocycles. The van der Waals surface area contributed by atoms with Gasteiger partial charge in [-0.2, -0.15) is 0 Å². The van der Waals surface area contributed by atoms with Gasteiger partial charge in [-0.15, -0.1) is 0 Å². The SMILES string of the molecule is CCCCCNC(=O)c1nc(C(=O)Nc2ccccc2Cl)c2ccccn12. The van der Waals surface area contributed by atoms with Crippen LogP contribution in [-0.2, 0) is 0 Å². The summed E-state index contributed by atoms with van der Waals surface area (Å²) in [6.45, 7) is 2.68. The van der Waals surface area contributed by atoms with Gasteiger partial charge in [-0.3, -0.25) is 14.0 Å². The van der Waals surface area contributed by atoms with Crippen molar-refractivity contribution in [2.45, 2.75) is 26.2 Å². The standard InChI is InChI=1S/C20H21ClN4O2/c1-2-3-7-12-22-20(27)18-24-17(16-11-6-8-13-25(16)18)19(26)23-15-10-5-4-9-14(15)21/h4-6,8-11,13H,2-3,7,12H2,1H3,(H,22,27)(H,23,26). The number of hydrogen-bond donors (Lipinski definition) is 2. The lowest BCUT2D eigenvalue weighted by molar-refractivity contribution is 0.0942. The summed E-state index contributed by atoms with van der Waals surface area (Å²) in [5, 5.41) is 6.05. The van der Waals surface area contributed by atoms with Crippen molar-refractivity contribution in [3.63, 3.8) is 0 Å². The number of benzene rings is 1. The average molecular weight is 385 g/mol. The maximum absolute atomic E-state index is 12.7. The summed E-state index contributed by atoms with van der Waals surface area (Å²) in [6, 6.07) is 12.3. The molecule has 0 atom stereocenters. The molecule has 0 radical (unpaired) electrons. The number of imidazole rings is 1. The van der Waals surface area contributed by atoms with Gasteiger partial charge in [0.1, 0.15) is 0 Å². The number of nitrogens with one attached hydrogen (secondary N) is 2. The molecular formula is C20H21ClN4O2. The molecule has 3 aromatic rings. The molecule has 2 heterocycles. The molecule has 0 spiro atoms. The van der Waals surface area contributed by atoms with Crippen LogP contribution in [0.2, 0.25) is 5.02 Å². The van der Waals surface area contributed by atoms with E-state index in [2.05, 4.69) is 22.5 Å². The predicted molar refractivity (Wildman–Crippen MR) is 106 cm³/mol. The number of fused-ring (bicyclic) bond motifs is 1. The Morgan fingerprint density at radius 2 is 1.85 bits per heavy atom. The summed E-state index contributed by atoms with van der Waals surface area (Å²) in [5.41, 5.74) is 1.22. The van der Waals surface area contributed by atoms with Gasteiger partial charge >= 0.3 is 0 Å². The topological polar surface area (TPSA) is 75.5 Å². The van der Waals surface area contributed by atoms with Crippen molar-refractivity contribution in [3.05, 3.63) is 65.2 Å². The number of carbonyl (C=O) groups is 2. The molecule has 0 aliphatic carbocycles. The van der Waals surface area contributed by atoms with E-state index in [4.69, 9.17) is 11.6 Å². The zero-order valence-corrected chi connectivity index (χ0v) is 15.8. The van der Waals surface area contributed by atoms with Gasteiger partial charge < -0.3 is 10.6 Å². The highest BCUT2D eigenvalue weighted by Gasteiger charge is 2.21. The van der Waals surface area contributed by atoms with Gasteiger partial charge in [-0.25, -0.2) is 4.98 Å². The van der Waals surface area contributed by atoms with E-state index >= 15 is 0 Å². The molecule has 0 fully saturated rings. The van der Waals surface area contributed by atoms with Crippen LogP contribution < -0.4 is 10.6 Å². The van der Waals surface area contributed by atoms with E-state index in [1.54, 1.807) is 53.1 Å². The van der Waals surface area contributed by atoms with Crippen molar-refractivity contribution >= 4 is 34.6 Å².